The normalized spacial score (nSPS) is 19.8. The van der Waals surface area contributed by atoms with Gasteiger partial charge in [0.05, 0.1) is 11.6 Å². The fraction of sp³-hybridized carbons (Fsp3) is 0.346. The Morgan fingerprint density at radius 1 is 1.00 bits per heavy atom. The molecular formula is C26H28Cl2N4OSSi. The average Bonchev–Trinajstić information content (AvgIpc) is 3.48. The van der Waals surface area contributed by atoms with Crippen molar-refractivity contribution in [3.05, 3.63) is 77.4 Å². The minimum Gasteiger partial charge on any atom is -0.372 e. The van der Waals surface area contributed by atoms with Gasteiger partial charge in [0.15, 0.2) is 10.8 Å². The topological polar surface area (TPSA) is 63.8 Å². The van der Waals surface area contributed by atoms with Crippen molar-refractivity contribution in [2.45, 2.75) is 49.2 Å². The lowest BCUT2D eigenvalue weighted by Crippen LogP contribution is -2.67. The van der Waals surface area contributed by atoms with E-state index in [1.165, 1.54) is 10.4 Å². The molecule has 1 unspecified atom stereocenters. The fourth-order valence-electron chi connectivity index (χ4n) is 5.91. The molecule has 0 radical (unpaired) electrons. The van der Waals surface area contributed by atoms with Crippen LogP contribution in [0.3, 0.4) is 0 Å². The molecule has 0 saturated carbocycles. The van der Waals surface area contributed by atoms with E-state index in [0.717, 1.165) is 12.2 Å². The molecule has 0 aliphatic carbocycles. The molecule has 2 aromatic carbocycles. The highest BCUT2D eigenvalue weighted by Gasteiger charge is 2.55. The number of imidazole rings is 1. The van der Waals surface area contributed by atoms with Crippen LogP contribution in [0.25, 0.3) is 11.2 Å². The van der Waals surface area contributed by atoms with Crippen LogP contribution < -0.4 is 10.4 Å². The Balaban J connectivity index is 1.56. The second kappa shape index (κ2) is 9.52. The van der Waals surface area contributed by atoms with Crippen molar-refractivity contribution in [2.75, 3.05) is 5.75 Å². The summed E-state index contributed by atoms with van der Waals surface area (Å²) in [5.74, 6) is 0.984. The van der Waals surface area contributed by atoms with Gasteiger partial charge in [0.25, 0.3) is 0 Å². The van der Waals surface area contributed by atoms with Gasteiger partial charge in [-0.1, -0.05) is 103 Å². The lowest BCUT2D eigenvalue weighted by Gasteiger charge is -2.48. The van der Waals surface area contributed by atoms with Crippen LogP contribution in [0.1, 0.15) is 33.4 Å². The van der Waals surface area contributed by atoms with Crippen molar-refractivity contribution in [1.82, 2.24) is 19.5 Å². The molecule has 5 rings (SSSR count). The molecule has 9 heteroatoms. The van der Waals surface area contributed by atoms with Gasteiger partial charge in [-0.05, 0) is 34.4 Å². The highest BCUT2D eigenvalue weighted by atomic mass is 35.5. The molecule has 182 valence electrons. The van der Waals surface area contributed by atoms with Crippen molar-refractivity contribution in [3.63, 3.8) is 0 Å². The van der Waals surface area contributed by atoms with Gasteiger partial charge < -0.3 is 5.11 Å². The van der Waals surface area contributed by atoms with Gasteiger partial charge >= 0.3 is 0 Å². The smallest absolute Gasteiger partial charge is 0.225 e. The Morgan fingerprint density at radius 3 is 2.17 bits per heavy atom. The second-order valence-electron chi connectivity index (χ2n) is 10.1. The average molecular weight is 544 g/mol. The number of aliphatic hydroxyl groups excluding tert-OH is 1. The molecule has 0 amide bonds. The van der Waals surface area contributed by atoms with E-state index in [1.54, 1.807) is 10.9 Å². The number of hydrogen-bond acceptors (Lipinski definition) is 5. The lowest BCUT2D eigenvalue weighted by atomic mass is 10.2. The molecule has 1 saturated heterocycles. The van der Waals surface area contributed by atoms with Gasteiger partial charge in [-0.25, -0.2) is 9.97 Å². The Kier molecular flexibility index (Phi) is 6.74. The van der Waals surface area contributed by atoms with Crippen molar-refractivity contribution < 1.29 is 5.11 Å². The number of halogens is 2. The monoisotopic (exact) mass is 542 g/mol. The summed E-state index contributed by atoms with van der Waals surface area (Å²) >= 11 is 14.1. The summed E-state index contributed by atoms with van der Waals surface area (Å²) in [6, 6.07) is 22.0. The number of nitrogens with zero attached hydrogens (tertiary/aromatic N) is 4. The molecule has 1 N–H and O–H groups in total. The van der Waals surface area contributed by atoms with Crippen LogP contribution in [0.2, 0.25) is 21.0 Å². The zero-order valence-electron chi connectivity index (χ0n) is 19.9. The SMILES string of the molecule is CC(C)(C)[Si](c1ccccc1)(c1ccccc1)[C@@H]1CS[C@@H](C(O)n2cnc3c(Cl)nc(Cl)nc32)C1. The Morgan fingerprint density at radius 2 is 1.60 bits per heavy atom. The molecular weight excluding hydrogens is 515 g/mol. The maximum absolute atomic E-state index is 11.5. The minimum absolute atomic E-state index is 0.00781. The number of aromatic nitrogens is 4. The number of benzene rings is 2. The first-order chi connectivity index (χ1) is 16.7. The van der Waals surface area contributed by atoms with Gasteiger partial charge in [0, 0.05) is 0 Å². The van der Waals surface area contributed by atoms with E-state index in [-0.39, 0.29) is 20.7 Å². The van der Waals surface area contributed by atoms with Gasteiger partial charge in [0.1, 0.15) is 19.8 Å². The van der Waals surface area contributed by atoms with Gasteiger partial charge in [-0.3, -0.25) is 4.57 Å². The number of thioether (sulfide) groups is 1. The van der Waals surface area contributed by atoms with Crippen LogP contribution in [0.15, 0.2) is 67.0 Å². The Bertz CT molecular complexity index is 1290. The maximum atomic E-state index is 11.5. The summed E-state index contributed by atoms with van der Waals surface area (Å²) < 4.78 is 1.68. The third kappa shape index (κ3) is 4.21. The summed E-state index contributed by atoms with van der Waals surface area (Å²) in [4.78, 5) is 12.6. The van der Waals surface area contributed by atoms with Gasteiger partial charge in [-0.2, -0.15) is 16.7 Å². The summed E-state index contributed by atoms with van der Waals surface area (Å²) in [5.41, 5.74) is 1.34. The minimum atomic E-state index is -2.28. The summed E-state index contributed by atoms with van der Waals surface area (Å²) in [6.07, 6.45) is 1.68. The molecule has 3 heterocycles. The predicted molar refractivity (Wildman–Crippen MR) is 149 cm³/mol. The van der Waals surface area contributed by atoms with Gasteiger partial charge in [-0.15, -0.1) is 0 Å². The third-order valence-corrected chi connectivity index (χ3v) is 16.0. The quantitative estimate of drug-likeness (QED) is 0.203. The highest BCUT2D eigenvalue weighted by Crippen LogP contribution is 2.52. The second-order valence-corrected chi connectivity index (χ2v) is 17.2. The van der Waals surface area contributed by atoms with E-state index in [4.69, 9.17) is 23.2 Å². The van der Waals surface area contributed by atoms with Crippen LogP contribution in [0, 0.1) is 0 Å². The summed E-state index contributed by atoms with van der Waals surface area (Å²) in [6.45, 7) is 7.16. The lowest BCUT2D eigenvalue weighted by molar-refractivity contribution is 0.104. The van der Waals surface area contributed by atoms with Gasteiger partial charge in [0.2, 0.25) is 5.28 Å². The molecule has 0 bridgehead atoms. The molecule has 1 fully saturated rings. The van der Waals surface area contributed by atoms with Crippen LogP contribution >= 0.6 is 35.0 Å². The first kappa shape index (κ1) is 24.8. The van der Waals surface area contributed by atoms with E-state index in [0.29, 0.717) is 16.7 Å². The van der Waals surface area contributed by atoms with Crippen LogP contribution in [-0.2, 0) is 0 Å². The zero-order chi connectivity index (χ0) is 24.8. The van der Waals surface area contributed by atoms with Crippen molar-refractivity contribution in [2.24, 2.45) is 0 Å². The van der Waals surface area contributed by atoms with E-state index in [2.05, 4.69) is 96.4 Å². The standard InChI is InChI=1S/C26H28Cl2N4OSSi/c1-26(2,3)35(17-10-6-4-7-11-17,18-12-8-5-9-13-18)19-14-20(34-15-19)24(33)32-16-29-21-22(27)30-25(28)31-23(21)32/h4-13,16,19-20,24,33H,14-15H2,1-3H3/t19-,20+,24?/m0/s1. The summed E-state index contributed by atoms with van der Waals surface area (Å²) in [5, 5.41) is 14.7. The van der Waals surface area contributed by atoms with E-state index in [1.807, 2.05) is 11.8 Å². The Labute approximate surface area is 220 Å². The first-order valence-corrected chi connectivity index (χ1v) is 15.6. The molecule has 4 aromatic rings. The third-order valence-electron chi connectivity index (χ3n) is 7.25. The molecule has 1 aliphatic heterocycles. The number of hydrogen-bond donors (Lipinski definition) is 1. The zero-order valence-corrected chi connectivity index (χ0v) is 23.2. The highest BCUT2D eigenvalue weighted by molar-refractivity contribution is 8.00. The maximum Gasteiger partial charge on any atom is 0.225 e. The van der Waals surface area contributed by atoms with Crippen LogP contribution in [-0.4, -0.2) is 43.7 Å². The van der Waals surface area contributed by atoms with Crippen molar-refractivity contribution in [3.8, 4) is 0 Å². The molecule has 3 atom stereocenters. The van der Waals surface area contributed by atoms with Crippen molar-refractivity contribution in [1.29, 1.82) is 0 Å². The number of aliphatic hydroxyl groups is 1. The molecule has 35 heavy (non-hydrogen) atoms. The van der Waals surface area contributed by atoms with Crippen molar-refractivity contribution >= 4 is 64.6 Å². The largest absolute Gasteiger partial charge is 0.372 e. The first-order valence-electron chi connectivity index (χ1n) is 11.7. The fourth-order valence-corrected chi connectivity index (χ4v) is 15.4. The van der Waals surface area contributed by atoms with E-state index >= 15 is 0 Å². The Hall–Kier alpha value is -1.90. The summed E-state index contributed by atoms with van der Waals surface area (Å²) in [7, 11) is -2.28. The number of fused-ring (bicyclic) bond motifs is 1. The molecule has 5 nitrogen and oxygen atoms in total. The van der Waals surface area contributed by atoms with E-state index < -0.39 is 14.3 Å². The molecule has 0 spiro atoms. The van der Waals surface area contributed by atoms with Crippen LogP contribution in [0.5, 0.6) is 0 Å². The molecule has 2 aromatic heterocycles. The molecule has 1 aliphatic rings. The van der Waals surface area contributed by atoms with Crippen LogP contribution in [0.4, 0.5) is 0 Å². The van der Waals surface area contributed by atoms with E-state index in [9.17, 15) is 5.11 Å². The number of rotatable bonds is 5. The predicted octanol–water partition coefficient (Wildman–Crippen LogP) is 5.56.